The zero-order valence-corrected chi connectivity index (χ0v) is 26.1. The van der Waals surface area contributed by atoms with E-state index in [9.17, 15) is 18.0 Å². The van der Waals surface area contributed by atoms with E-state index in [1.165, 1.54) is 11.1 Å². The number of allylic oxidation sites excluding steroid dienone is 2. The zero-order valence-electron chi connectivity index (χ0n) is 24.5. The third-order valence-electron chi connectivity index (χ3n) is 10.1. The second-order valence-corrected chi connectivity index (χ2v) is 15.6. The van der Waals surface area contributed by atoms with E-state index in [2.05, 4.69) is 21.8 Å². The van der Waals surface area contributed by atoms with Crippen molar-refractivity contribution in [2.24, 2.45) is 23.2 Å². The highest BCUT2D eigenvalue weighted by Crippen LogP contribution is 2.46. The van der Waals surface area contributed by atoms with Crippen LogP contribution in [0.1, 0.15) is 67.9 Å². The Morgan fingerprint density at radius 1 is 1.10 bits per heavy atom. The summed E-state index contributed by atoms with van der Waals surface area (Å²) in [6.45, 7) is 7.39. The quantitative estimate of drug-likeness (QED) is 0.411. The van der Waals surface area contributed by atoms with Crippen molar-refractivity contribution in [2.45, 2.75) is 58.3 Å². The van der Waals surface area contributed by atoms with E-state index in [4.69, 9.17) is 16.3 Å². The van der Waals surface area contributed by atoms with E-state index >= 15 is 0 Å². The number of amides is 1. The first-order valence-electron chi connectivity index (χ1n) is 14.9. The van der Waals surface area contributed by atoms with Gasteiger partial charge in [-0.15, -0.1) is 0 Å². The van der Waals surface area contributed by atoms with E-state index in [1.54, 1.807) is 24.3 Å². The number of hydrogen-bond donors (Lipinski definition) is 1. The highest BCUT2D eigenvalue weighted by molar-refractivity contribution is 7.90. The molecular formula is C33H39ClN2O5S. The lowest BCUT2D eigenvalue weighted by molar-refractivity contribution is -0.122. The minimum atomic E-state index is -3.95. The van der Waals surface area contributed by atoms with Gasteiger partial charge in [-0.3, -0.25) is 9.59 Å². The van der Waals surface area contributed by atoms with Crippen LogP contribution in [-0.4, -0.2) is 45.6 Å². The largest absolute Gasteiger partial charge is 0.490 e. The number of carbonyl (C=O) groups excluding carboxylic acids is 2. The van der Waals surface area contributed by atoms with Crippen molar-refractivity contribution in [3.63, 3.8) is 0 Å². The van der Waals surface area contributed by atoms with E-state index in [-0.39, 0.29) is 40.3 Å². The average molecular weight is 611 g/mol. The Bertz CT molecular complexity index is 1570. The number of anilines is 1. The molecule has 2 bridgehead atoms. The molecule has 42 heavy (non-hydrogen) atoms. The number of carbonyl (C=O) groups is 2. The minimum absolute atomic E-state index is 0.0827. The van der Waals surface area contributed by atoms with Crippen LogP contribution < -0.4 is 14.4 Å². The lowest BCUT2D eigenvalue weighted by Crippen LogP contribution is -2.49. The third kappa shape index (κ3) is 5.48. The second-order valence-electron chi connectivity index (χ2n) is 13.5. The molecule has 1 spiro atoms. The van der Waals surface area contributed by atoms with Crippen LogP contribution in [0.4, 0.5) is 5.69 Å². The molecule has 6 rings (SSSR count). The summed E-state index contributed by atoms with van der Waals surface area (Å²) >= 11 is 6.38. The van der Waals surface area contributed by atoms with Gasteiger partial charge in [-0.2, -0.15) is 0 Å². The molecule has 1 N–H and O–H groups in total. The van der Waals surface area contributed by atoms with Crippen LogP contribution >= 0.6 is 11.6 Å². The van der Waals surface area contributed by atoms with Gasteiger partial charge in [-0.05, 0) is 96.9 Å². The number of nitrogens with zero attached hydrogens (tertiary/aromatic N) is 1. The average Bonchev–Trinajstić information content (AvgIpc) is 3.05. The summed E-state index contributed by atoms with van der Waals surface area (Å²) in [5, 5.41) is 0.723. The Hall–Kier alpha value is -2.84. The number of hydrogen-bond acceptors (Lipinski definition) is 6. The molecule has 2 aliphatic carbocycles. The maximum absolute atomic E-state index is 13.4. The minimum Gasteiger partial charge on any atom is -0.490 e. The Morgan fingerprint density at radius 3 is 2.67 bits per heavy atom. The van der Waals surface area contributed by atoms with Gasteiger partial charge in [-0.25, -0.2) is 13.1 Å². The molecule has 0 saturated heterocycles. The molecule has 2 aliphatic heterocycles. The maximum Gasteiger partial charge on any atom is 0.264 e. The van der Waals surface area contributed by atoms with E-state index in [1.807, 2.05) is 32.9 Å². The Kier molecular flexibility index (Phi) is 7.45. The van der Waals surface area contributed by atoms with Crippen molar-refractivity contribution in [1.82, 2.24) is 4.72 Å². The number of benzene rings is 2. The highest BCUT2D eigenvalue weighted by Gasteiger charge is 2.44. The van der Waals surface area contributed by atoms with Crippen molar-refractivity contribution in [2.75, 3.05) is 30.3 Å². The van der Waals surface area contributed by atoms with Gasteiger partial charge in [0.2, 0.25) is 10.0 Å². The predicted octanol–water partition coefficient (Wildman–Crippen LogP) is 5.70. The molecule has 2 aromatic carbocycles. The molecule has 0 unspecified atom stereocenters. The van der Waals surface area contributed by atoms with Crippen LogP contribution in [0.25, 0.3) is 0 Å². The fraction of sp³-hybridized carbons (Fsp3) is 0.515. The van der Waals surface area contributed by atoms with Crippen molar-refractivity contribution in [3.05, 3.63) is 70.3 Å². The van der Waals surface area contributed by atoms with Gasteiger partial charge < -0.3 is 9.64 Å². The summed E-state index contributed by atoms with van der Waals surface area (Å²) in [7, 11) is -3.95. The summed E-state index contributed by atoms with van der Waals surface area (Å²) in [6, 6.07) is 11.3. The van der Waals surface area contributed by atoms with Crippen LogP contribution in [0.2, 0.25) is 5.02 Å². The number of halogens is 1. The number of nitrogens with one attached hydrogen (secondary N) is 1. The molecule has 7 nitrogen and oxygen atoms in total. The van der Waals surface area contributed by atoms with Crippen LogP contribution in [0.15, 0.2) is 48.6 Å². The monoisotopic (exact) mass is 610 g/mol. The van der Waals surface area contributed by atoms with E-state index in [0.717, 1.165) is 42.8 Å². The first kappa shape index (κ1) is 29.2. The zero-order chi connectivity index (χ0) is 29.9. The molecule has 4 atom stereocenters. The summed E-state index contributed by atoms with van der Waals surface area (Å²) in [6.07, 6.45) is 8.20. The van der Waals surface area contributed by atoms with Gasteiger partial charge in [-0.1, -0.05) is 44.5 Å². The second kappa shape index (κ2) is 10.7. The lowest BCUT2D eigenvalue weighted by atomic mass is 9.68. The van der Waals surface area contributed by atoms with Gasteiger partial charge in [0.05, 0.1) is 18.0 Å². The normalized spacial score (nSPS) is 31.0. The van der Waals surface area contributed by atoms with Crippen molar-refractivity contribution >= 4 is 39.0 Å². The Balaban J connectivity index is 1.43. The molecule has 2 heterocycles. The fourth-order valence-corrected chi connectivity index (χ4v) is 9.09. The smallest absolute Gasteiger partial charge is 0.264 e. The highest BCUT2D eigenvalue weighted by atomic mass is 35.5. The van der Waals surface area contributed by atoms with Crippen LogP contribution in [0.3, 0.4) is 0 Å². The molecule has 224 valence electrons. The number of aryl methyl sites for hydroxylation is 1. The fourth-order valence-electron chi connectivity index (χ4n) is 7.18. The SMILES string of the molecule is C[C@H]1/C=C/C(=O)[C@@H]2CC[C@H]2CN2C[C@@]3(CCCc4cc(Cl)ccc43)COc3ccc(cc32)C(=O)NS(=O)(=O)CC1(C)C. The van der Waals surface area contributed by atoms with Crippen molar-refractivity contribution in [1.29, 1.82) is 0 Å². The summed E-state index contributed by atoms with van der Waals surface area (Å²) in [4.78, 5) is 29.0. The maximum atomic E-state index is 13.4. The van der Waals surface area contributed by atoms with E-state index < -0.39 is 21.3 Å². The molecule has 1 amide bonds. The van der Waals surface area contributed by atoms with Crippen LogP contribution in [0, 0.1) is 23.2 Å². The van der Waals surface area contributed by atoms with Gasteiger partial charge in [0.15, 0.2) is 5.78 Å². The number of rotatable bonds is 0. The van der Waals surface area contributed by atoms with Crippen molar-refractivity contribution < 1.29 is 22.7 Å². The summed E-state index contributed by atoms with van der Waals surface area (Å²) in [5.41, 5.74) is 2.52. The van der Waals surface area contributed by atoms with Crippen LogP contribution in [-0.2, 0) is 26.7 Å². The Labute approximate surface area is 253 Å². The van der Waals surface area contributed by atoms with Crippen LogP contribution in [0.5, 0.6) is 5.75 Å². The Morgan fingerprint density at radius 2 is 1.90 bits per heavy atom. The van der Waals surface area contributed by atoms with Gasteiger partial charge in [0.25, 0.3) is 5.91 Å². The lowest BCUT2D eigenvalue weighted by Gasteiger charge is -2.44. The first-order valence-corrected chi connectivity index (χ1v) is 17.0. The van der Waals surface area contributed by atoms with Gasteiger partial charge in [0.1, 0.15) is 5.75 Å². The molecule has 0 aromatic heterocycles. The molecule has 9 heteroatoms. The van der Waals surface area contributed by atoms with Gasteiger partial charge in [0, 0.05) is 35.0 Å². The molecule has 2 aromatic rings. The predicted molar refractivity (Wildman–Crippen MR) is 165 cm³/mol. The molecule has 1 fully saturated rings. The standard InChI is InChI=1S/C33H39ClN2O5S/c1-21-6-12-29(37)26-10-7-24(26)17-36-18-33(14-4-5-22-15-25(34)9-11-27(22)33)19-41-30-13-8-23(16-28(30)36)31(38)35-42(39,40)20-32(21,2)3/h6,8-9,11-13,15-16,21,24,26H,4-5,7,10,14,17-20H2,1-3H3,(H,35,38)/b12-6+/t21-,24-,26+,33-/m0/s1. The first-order chi connectivity index (χ1) is 19.9. The molecular weight excluding hydrogens is 572 g/mol. The number of ketones is 1. The number of sulfonamides is 1. The molecule has 1 saturated carbocycles. The van der Waals surface area contributed by atoms with E-state index in [0.29, 0.717) is 25.4 Å². The number of ether oxygens (including phenoxy) is 1. The number of fused-ring (bicyclic) bond motifs is 4. The summed E-state index contributed by atoms with van der Waals surface area (Å²) < 4.78 is 35.1. The summed E-state index contributed by atoms with van der Waals surface area (Å²) in [5.74, 6) is -0.239. The van der Waals surface area contributed by atoms with Gasteiger partial charge >= 0.3 is 0 Å². The van der Waals surface area contributed by atoms with Crippen molar-refractivity contribution in [3.8, 4) is 5.75 Å². The molecule has 0 radical (unpaired) electrons. The third-order valence-corrected chi connectivity index (χ3v) is 12.0. The topological polar surface area (TPSA) is 92.8 Å². The molecule has 4 aliphatic rings.